The fraction of sp³-hybridized carbons (Fsp3) is 0.652. The minimum Gasteiger partial charge on any atom is -0.464 e. The summed E-state index contributed by atoms with van der Waals surface area (Å²) in [6.45, 7) is 0.769. The van der Waals surface area contributed by atoms with E-state index in [0.717, 1.165) is 24.8 Å². The molecule has 6 nitrogen and oxygen atoms in total. The number of aryl methyl sites for hydroxylation is 1. The number of pyridine rings is 1. The minimum atomic E-state index is -0.612. The predicted molar refractivity (Wildman–Crippen MR) is 109 cm³/mol. The van der Waals surface area contributed by atoms with Crippen LogP contribution >= 0.6 is 0 Å². The third kappa shape index (κ3) is 6.38. The van der Waals surface area contributed by atoms with E-state index < -0.39 is 11.9 Å². The highest BCUT2D eigenvalue weighted by molar-refractivity contribution is 6.36. The fourth-order valence-corrected chi connectivity index (χ4v) is 4.42. The summed E-state index contributed by atoms with van der Waals surface area (Å²) in [6, 6.07) is 3.26. The number of likely N-dealkylation sites (tertiary alicyclic amines) is 1. The van der Waals surface area contributed by atoms with E-state index in [2.05, 4.69) is 4.98 Å². The summed E-state index contributed by atoms with van der Waals surface area (Å²) >= 11 is 0. The van der Waals surface area contributed by atoms with Crippen LogP contribution in [-0.2, 0) is 25.5 Å². The van der Waals surface area contributed by atoms with Crippen LogP contribution in [0.15, 0.2) is 24.5 Å². The van der Waals surface area contributed by atoms with Gasteiger partial charge in [0.25, 0.3) is 5.91 Å². The molecule has 0 radical (unpaired) electrons. The minimum absolute atomic E-state index is 0.298. The number of amides is 1. The molecule has 0 spiro atoms. The van der Waals surface area contributed by atoms with Gasteiger partial charge >= 0.3 is 5.97 Å². The van der Waals surface area contributed by atoms with E-state index in [0.29, 0.717) is 38.3 Å². The SMILES string of the molecule is O=C(CCC1CCCCC1)C(=O)N1CCC[C@@H]1C(=O)OCCCc1cccnc1. The monoisotopic (exact) mass is 400 g/mol. The molecular weight excluding hydrogens is 368 g/mol. The van der Waals surface area contributed by atoms with Gasteiger partial charge in [0.05, 0.1) is 6.61 Å². The zero-order valence-electron chi connectivity index (χ0n) is 17.2. The Morgan fingerprint density at radius 1 is 1.10 bits per heavy atom. The maximum atomic E-state index is 12.6. The zero-order chi connectivity index (χ0) is 20.5. The molecule has 0 N–H and O–H groups in total. The van der Waals surface area contributed by atoms with Crippen LogP contribution in [0, 0.1) is 5.92 Å². The third-order valence-electron chi connectivity index (χ3n) is 6.11. The molecule has 6 heteroatoms. The van der Waals surface area contributed by atoms with Gasteiger partial charge < -0.3 is 9.64 Å². The first-order chi connectivity index (χ1) is 14.1. The summed E-state index contributed by atoms with van der Waals surface area (Å²) in [6.07, 6.45) is 13.5. The van der Waals surface area contributed by atoms with Gasteiger partial charge in [0, 0.05) is 25.4 Å². The van der Waals surface area contributed by atoms with Crippen molar-refractivity contribution in [2.24, 2.45) is 5.92 Å². The standard InChI is InChI=1S/C23H32N2O4/c26-21(13-12-18-7-2-1-3-8-18)22(27)25-15-5-11-20(25)23(28)29-16-6-10-19-9-4-14-24-17-19/h4,9,14,17-18,20H,1-3,5-8,10-13,15-16H2/t20-/m1/s1. The Balaban J connectivity index is 1.40. The average Bonchev–Trinajstić information content (AvgIpc) is 3.26. The van der Waals surface area contributed by atoms with E-state index >= 15 is 0 Å². The maximum Gasteiger partial charge on any atom is 0.328 e. The molecule has 1 aliphatic heterocycles. The quantitative estimate of drug-likeness (QED) is 0.360. The van der Waals surface area contributed by atoms with Crippen molar-refractivity contribution < 1.29 is 19.1 Å². The lowest BCUT2D eigenvalue weighted by Crippen LogP contribution is -2.44. The molecule has 1 aromatic heterocycles. The van der Waals surface area contributed by atoms with Gasteiger partial charge in [-0.2, -0.15) is 0 Å². The molecule has 2 aliphatic rings. The molecule has 2 fully saturated rings. The van der Waals surface area contributed by atoms with Gasteiger partial charge in [0.15, 0.2) is 0 Å². The van der Waals surface area contributed by atoms with Crippen molar-refractivity contribution in [3.63, 3.8) is 0 Å². The first-order valence-corrected chi connectivity index (χ1v) is 11.0. The largest absolute Gasteiger partial charge is 0.464 e. The van der Waals surface area contributed by atoms with Crippen molar-refractivity contribution in [3.8, 4) is 0 Å². The molecule has 3 rings (SSSR count). The van der Waals surface area contributed by atoms with Crippen molar-refractivity contribution >= 4 is 17.7 Å². The Hall–Kier alpha value is -2.24. The molecule has 29 heavy (non-hydrogen) atoms. The van der Waals surface area contributed by atoms with Gasteiger partial charge in [0.1, 0.15) is 6.04 Å². The van der Waals surface area contributed by atoms with Gasteiger partial charge in [-0.1, -0.05) is 38.2 Å². The predicted octanol–water partition coefficient (Wildman–Crippen LogP) is 3.48. The molecule has 0 unspecified atom stereocenters. The number of hydrogen-bond acceptors (Lipinski definition) is 5. The third-order valence-corrected chi connectivity index (χ3v) is 6.11. The van der Waals surface area contributed by atoms with E-state index in [1.54, 1.807) is 12.4 Å². The smallest absolute Gasteiger partial charge is 0.328 e. The lowest BCUT2D eigenvalue weighted by Gasteiger charge is -2.24. The highest BCUT2D eigenvalue weighted by Crippen LogP contribution is 2.28. The normalized spacial score (nSPS) is 19.9. The van der Waals surface area contributed by atoms with Gasteiger partial charge in [-0.3, -0.25) is 14.6 Å². The second-order valence-electron chi connectivity index (χ2n) is 8.25. The summed E-state index contributed by atoms with van der Waals surface area (Å²) in [5, 5.41) is 0. The second kappa shape index (κ2) is 11.1. The number of Topliss-reactive ketones (excluding diaryl/α,β-unsaturated/α-hetero) is 1. The number of aromatic nitrogens is 1. The first kappa shape index (κ1) is 21.5. The van der Waals surface area contributed by atoms with Gasteiger partial charge in [-0.05, 0) is 49.7 Å². The van der Waals surface area contributed by atoms with E-state index in [4.69, 9.17) is 4.74 Å². The molecular formula is C23H32N2O4. The van der Waals surface area contributed by atoms with Crippen molar-refractivity contribution in [2.75, 3.05) is 13.2 Å². The topological polar surface area (TPSA) is 76.6 Å². The number of rotatable bonds is 9. The summed E-state index contributed by atoms with van der Waals surface area (Å²) in [5.74, 6) is -0.677. The molecule has 1 saturated carbocycles. The van der Waals surface area contributed by atoms with Crippen molar-refractivity contribution in [1.82, 2.24) is 9.88 Å². The van der Waals surface area contributed by atoms with Crippen LogP contribution in [0.5, 0.6) is 0 Å². The molecule has 1 saturated heterocycles. The lowest BCUT2D eigenvalue weighted by molar-refractivity contribution is -0.155. The van der Waals surface area contributed by atoms with Crippen LogP contribution in [0.4, 0.5) is 0 Å². The van der Waals surface area contributed by atoms with E-state index in [-0.39, 0.29) is 11.8 Å². The van der Waals surface area contributed by atoms with E-state index in [9.17, 15) is 14.4 Å². The Labute approximate surface area is 173 Å². The van der Waals surface area contributed by atoms with Crippen LogP contribution in [0.2, 0.25) is 0 Å². The van der Waals surface area contributed by atoms with E-state index in [1.807, 2.05) is 12.1 Å². The van der Waals surface area contributed by atoms with Crippen LogP contribution in [0.3, 0.4) is 0 Å². The van der Waals surface area contributed by atoms with E-state index in [1.165, 1.54) is 37.0 Å². The average molecular weight is 401 g/mol. The van der Waals surface area contributed by atoms with Crippen LogP contribution in [-0.4, -0.2) is 46.7 Å². The van der Waals surface area contributed by atoms with Crippen LogP contribution < -0.4 is 0 Å². The van der Waals surface area contributed by atoms with Gasteiger partial charge in [-0.25, -0.2) is 4.79 Å². The Morgan fingerprint density at radius 2 is 1.93 bits per heavy atom. The molecule has 2 heterocycles. The fourth-order valence-electron chi connectivity index (χ4n) is 4.42. The number of esters is 1. The second-order valence-corrected chi connectivity index (χ2v) is 8.25. The highest BCUT2D eigenvalue weighted by atomic mass is 16.5. The maximum absolute atomic E-state index is 12.6. The van der Waals surface area contributed by atoms with Crippen molar-refractivity contribution in [1.29, 1.82) is 0 Å². The van der Waals surface area contributed by atoms with Gasteiger partial charge in [0.2, 0.25) is 5.78 Å². The summed E-state index contributed by atoms with van der Waals surface area (Å²) in [5.41, 5.74) is 1.10. The van der Waals surface area contributed by atoms with Gasteiger partial charge in [-0.15, -0.1) is 0 Å². The number of carbonyl (C=O) groups is 3. The molecule has 0 bridgehead atoms. The van der Waals surface area contributed by atoms with Crippen LogP contribution in [0.25, 0.3) is 0 Å². The Bertz CT molecular complexity index is 685. The number of ketones is 1. The molecule has 158 valence electrons. The molecule has 1 aromatic rings. The zero-order valence-corrected chi connectivity index (χ0v) is 17.2. The molecule has 1 amide bonds. The summed E-state index contributed by atoms with van der Waals surface area (Å²) in [7, 11) is 0. The summed E-state index contributed by atoms with van der Waals surface area (Å²) in [4.78, 5) is 43.0. The molecule has 1 aliphatic carbocycles. The number of hydrogen-bond donors (Lipinski definition) is 0. The first-order valence-electron chi connectivity index (χ1n) is 11.0. The lowest BCUT2D eigenvalue weighted by atomic mass is 9.85. The Kier molecular flexibility index (Phi) is 8.20. The number of nitrogens with zero attached hydrogens (tertiary/aromatic N) is 2. The van der Waals surface area contributed by atoms with Crippen molar-refractivity contribution in [2.45, 2.75) is 76.7 Å². The molecule has 0 aromatic carbocycles. The van der Waals surface area contributed by atoms with Crippen molar-refractivity contribution in [3.05, 3.63) is 30.1 Å². The highest BCUT2D eigenvalue weighted by Gasteiger charge is 2.37. The summed E-state index contributed by atoms with van der Waals surface area (Å²) < 4.78 is 5.40. The number of ether oxygens (including phenoxy) is 1. The van der Waals surface area contributed by atoms with Crippen LogP contribution in [0.1, 0.15) is 69.8 Å². The Morgan fingerprint density at radius 3 is 2.69 bits per heavy atom. The number of carbonyl (C=O) groups excluding carboxylic acids is 3. The molecule has 1 atom stereocenters.